The summed E-state index contributed by atoms with van der Waals surface area (Å²) in [5.74, 6) is 1.16. The highest BCUT2D eigenvalue weighted by Crippen LogP contribution is 2.12. The fourth-order valence-corrected chi connectivity index (χ4v) is 1.53. The standard InChI is InChI=1S/C6H9NOS/c1-5(8)6-7-3-2-4-9-6/h2-4H2,1H3. The van der Waals surface area contributed by atoms with Crippen molar-refractivity contribution in [3.8, 4) is 0 Å². The Morgan fingerprint density at radius 1 is 1.78 bits per heavy atom. The summed E-state index contributed by atoms with van der Waals surface area (Å²) in [7, 11) is 0. The van der Waals surface area contributed by atoms with Crippen molar-refractivity contribution in [2.24, 2.45) is 4.99 Å². The summed E-state index contributed by atoms with van der Waals surface area (Å²) >= 11 is 1.57. The third kappa shape index (κ3) is 1.82. The Bertz CT molecular complexity index is 153. The largest absolute Gasteiger partial charge is 0.292 e. The van der Waals surface area contributed by atoms with Crippen molar-refractivity contribution in [2.75, 3.05) is 12.3 Å². The zero-order valence-electron chi connectivity index (χ0n) is 5.39. The van der Waals surface area contributed by atoms with Crippen LogP contribution in [0.1, 0.15) is 13.3 Å². The molecule has 0 spiro atoms. The number of hydrogen-bond acceptors (Lipinski definition) is 3. The van der Waals surface area contributed by atoms with Gasteiger partial charge in [-0.05, 0) is 6.42 Å². The Hall–Kier alpha value is -0.310. The van der Waals surface area contributed by atoms with Gasteiger partial charge in [-0.1, -0.05) is 0 Å². The summed E-state index contributed by atoms with van der Waals surface area (Å²) in [6.45, 7) is 2.40. The van der Waals surface area contributed by atoms with Crippen molar-refractivity contribution in [3.63, 3.8) is 0 Å². The number of thioether (sulfide) groups is 1. The first-order chi connectivity index (χ1) is 4.30. The molecule has 9 heavy (non-hydrogen) atoms. The number of carbonyl (C=O) groups excluding carboxylic acids is 1. The Morgan fingerprint density at radius 2 is 2.56 bits per heavy atom. The van der Waals surface area contributed by atoms with Crippen LogP contribution in [0.4, 0.5) is 0 Å². The summed E-state index contributed by atoms with van der Waals surface area (Å²) < 4.78 is 0. The van der Waals surface area contributed by atoms with Crippen LogP contribution in [0.3, 0.4) is 0 Å². The monoisotopic (exact) mass is 143 g/mol. The molecule has 0 aromatic rings. The molecule has 50 valence electrons. The lowest BCUT2D eigenvalue weighted by Gasteiger charge is -2.06. The van der Waals surface area contributed by atoms with Crippen molar-refractivity contribution in [2.45, 2.75) is 13.3 Å². The molecular formula is C6H9NOS. The Labute approximate surface area is 58.7 Å². The predicted molar refractivity (Wildman–Crippen MR) is 40.1 cm³/mol. The van der Waals surface area contributed by atoms with Crippen molar-refractivity contribution in [1.29, 1.82) is 0 Å². The second kappa shape index (κ2) is 3.01. The van der Waals surface area contributed by atoms with E-state index in [0.29, 0.717) is 5.04 Å². The van der Waals surface area contributed by atoms with Crippen molar-refractivity contribution in [3.05, 3.63) is 0 Å². The molecule has 1 aliphatic rings. The molecule has 1 aliphatic heterocycles. The molecule has 0 aliphatic carbocycles. The molecule has 0 N–H and O–H groups in total. The lowest BCUT2D eigenvalue weighted by Crippen LogP contribution is -2.11. The second-order valence-electron chi connectivity index (χ2n) is 1.95. The van der Waals surface area contributed by atoms with E-state index in [1.165, 1.54) is 0 Å². The van der Waals surface area contributed by atoms with E-state index in [9.17, 15) is 4.79 Å². The summed E-state index contributed by atoms with van der Waals surface area (Å²) in [4.78, 5) is 14.7. The maximum absolute atomic E-state index is 10.6. The Kier molecular flexibility index (Phi) is 2.28. The fraction of sp³-hybridized carbons (Fsp3) is 0.667. The average molecular weight is 143 g/mol. The smallest absolute Gasteiger partial charge is 0.184 e. The second-order valence-corrected chi connectivity index (χ2v) is 3.03. The van der Waals surface area contributed by atoms with Gasteiger partial charge in [-0.3, -0.25) is 9.79 Å². The van der Waals surface area contributed by atoms with Gasteiger partial charge in [0, 0.05) is 19.2 Å². The lowest BCUT2D eigenvalue weighted by atomic mass is 10.4. The highest BCUT2D eigenvalue weighted by atomic mass is 32.2. The minimum atomic E-state index is 0.111. The van der Waals surface area contributed by atoms with Gasteiger partial charge in [0.1, 0.15) is 5.04 Å². The van der Waals surface area contributed by atoms with E-state index in [-0.39, 0.29) is 5.78 Å². The molecule has 0 aromatic carbocycles. The molecular weight excluding hydrogens is 134 g/mol. The van der Waals surface area contributed by atoms with Crippen LogP contribution in [0, 0.1) is 0 Å². The van der Waals surface area contributed by atoms with Crippen LogP contribution in [0.15, 0.2) is 4.99 Å². The molecule has 3 heteroatoms. The van der Waals surface area contributed by atoms with Crippen molar-refractivity contribution in [1.82, 2.24) is 0 Å². The number of carbonyl (C=O) groups is 1. The highest BCUT2D eigenvalue weighted by molar-refractivity contribution is 8.15. The van der Waals surface area contributed by atoms with Crippen LogP contribution >= 0.6 is 11.8 Å². The number of rotatable bonds is 1. The molecule has 0 aromatic heterocycles. The molecule has 0 unspecified atom stereocenters. The molecule has 0 saturated carbocycles. The van der Waals surface area contributed by atoms with Gasteiger partial charge in [0.15, 0.2) is 5.78 Å². The van der Waals surface area contributed by atoms with Gasteiger partial charge < -0.3 is 0 Å². The molecule has 1 heterocycles. The lowest BCUT2D eigenvalue weighted by molar-refractivity contribution is -0.110. The first-order valence-corrected chi connectivity index (χ1v) is 3.97. The molecule has 0 amide bonds. The van der Waals surface area contributed by atoms with Crippen LogP contribution in [-0.4, -0.2) is 23.1 Å². The molecule has 0 atom stereocenters. The van der Waals surface area contributed by atoms with Crippen molar-refractivity contribution < 1.29 is 4.79 Å². The van der Waals surface area contributed by atoms with E-state index in [4.69, 9.17) is 0 Å². The maximum Gasteiger partial charge on any atom is 0.184 e. The van der Waals surface area contributed by atoms with E-state index in [0.717, 1.165) is 18.7 Å². The van der Waals surface area contributed by atoms with E-state index in [1.807, 2.05) is 0 Å². The number of hydrogen-bond donors (Lipinski definition) is 0. The van der Waals surface area contributed by atoms with Crippen molar-refractivity contribution >= 4 is 22.6 Å². The number of ketones is 1. The fourth-order valence-electron chi connectivity index (χ4n) is 0.673. The van der Waals surface area contributed by atoms with Crippen LogP contribution in [0.25, 0.3) is 0 Å². The maximum atomic E-state index is 10.6. The van der Waals surface area contributed by atoms with Gasteiger partial charge in [-0.2, -0.15) is 0 Å². The van der Waals surface area contributed by atoms with E-state index in [2.05, 4.69) is 4.99 Å². The molecule has 2 nitrogen and oxygen atoms in total. The number of nitrogens with zero attached hydrogens (tertiary/aromatic N) is 1. The van der Waals surface area contributed by atoms with E-state index in [1.54, 1.807) is 18.7 Å². The molecule has 0 radical (unpaired) electrons. The number of aliphatic imine (C=N–C) groups is 1. The topological polar surface area (TPSA) is 29.4 Å². The molecule has 1 rings (SSSR count). The predicted octanol–water partition coefficient (Wildman–Crippen LogP) is 1.11. The van der Waals surface area contributed by atoms with E-state index < -0.39 is 0 Å². The Balaban J connectivity index is 2.57. The van der Waals surface area contributed by atoms with E-state index >= 15 is 0 Å². The zero-order chi connectivity index (χ0) is 6.69. The van der Waals surface area contributed by atoms with Gasteiger partial charge >= 0.3 is 0 Å². The van der Waals surface area contributed by atoms with Crippen LogP contribution in [0.5, 0.6) is 0 Å². The normalized spacial score (nSPS) is 19.0. The zero-order valence-corrected chi connectivity index (χ0v) is 6.20. The first kappa shape index (κ1) is 6.81. The van der Waals surface area contributed by atoms with Crippen LogP contribution in [-0.2, 0) is 4.79 Å². The van der Waals surface area contributed by atoms with Crippen LogP contribution in [0.2, 0.25) is 0 Å². The van der Waals surface area contributed by atoms with Gasteiger partial charge in [-0.15, -0.1) is 11.8 Å². The van der Waals surface area contributed by atoms with Gasteiger partial charge in [0.05, 0.1) is 0 Å². The molecule has 0 saturated heterocycles. The first-order valence-electron chi connectivity index (χ1n) is 2.99. The molecule has 0 bridgehead atoms. The minimum absolute atomic E-state index is 0.111. The Morgan fingerprint density at radius 3 is 2.89 bits per heavy atom. The highest BCUT2D eigenvalue weighted by Gasteiger charge is 2.08. The van der Waals surface area contributed by atoms with Crippen LogP contribution < -0.4 is 0 Å². The quantitative estimate of drug-likeness (QED) is 0.550. The summed E-state index contributed by atoms with van der Waals surface area (Å²) in [6.07, 6.45) is 1.11. The SMILES string of the molecule is CC(=O)C1=NCCCS1. The average Bonchev–Trinajstić information content (AvgIpc) is 1.90. The summed E-state index contributed by atoms with van der Waals surface area (Å²) in [5, 5.41) is 0.709. The van der Waals surface area contributed by atoms with Gasteiger partial charge in [0.25, 0.3) is 0 Å². The third-order valence-electron chi connectivity index (χ3n) is 1.10. The minimum Gasteiger partial charge on any atom is -0.292 e. The van der Waals surface area contributed by atoms with Gasteiger partial charge in [0.2, 0.25) is 0 Å². The summed E-state index contributed by atoms with van der Waals surface area (Å²) in [6, 6.07) is 0. The molecule has 0 fully saturated rings. The number of Topliss-reactive ketones (excluding diaryl/α,β-unsaturated/α-hetero) is 1. The third-order valence-corrected chi connectivity index (χ3v) is 2.28. The summed E-state index contributed by atoms with van der Waals surface area (Å²) in [5.41, 5.74) is 0. The van der Waals surface area contributed by atoms with Gasteiger partial charge in [-0.25, -0.2) is 0 Å².